The number of azo groups is 1. The Bertz CT molecular complexity index is 1670. The van der Waals surface area contributed by atoms with Gasteiger partial charge < -0.3 is 10.2 Å². The molecule has 17 nitrogen and oxygen atoms in total. The van der Waals surface area contributed by atoms with Crippen molar-refractivity contribution in [1.82, 2.24) is 15.2 Å². The first-order chi connectivity index (χ1) is 15.0. The van der Waals surface area contributed by atoms with Gasteiger partial charge in [0.25, 0.3) is 36.3 Å². The SMILES string of the molecule is O=C(O)c1nc(N=Nc2c(S(=O)(=O)O)cc3cc(S(=O)(=O)O)cc(S(=O)(=O)O)c3c2O)n[nH]1. The lowest BCUT2D eigenvalue weighted by Gasteiger charge is -2.12. The third kappa shape index (κ3) is 4.79. The van der Waals surface area contributed by atoms with Gasteiger partial charge in [-0.1, -0.05) is 0 Å². The average molecular weight is 523 g/mol. The van der Waals surface area contributed by atoms with Crippen molar-refractivity contribution in [2.45, 2.75) is 14.7 Å². The van der Waals surface area contributed by atoms with Crippen LogP contribution < -0.4 is 0 Å². The number of nitrogens with one attached hydrogen (secondary N) is 1. The third-order valence-electron chi connectivity index (χ3n) is 3.86. The van der Waals surface area contributed by atoms with Gasteiger partial charge in [0.05, 0.1) is 4.90 Å². The highest BCUT2D eigenvalue weighted by Crippen LogP contribution is 2.44. The molecular formula is C13H9N5O12S3. The number of aromatic nitrogens is 3. The van der Waals surface area contributed by atoms with Crippen molar-refractivity contribution in [3.63, 3.8) is 0 Å². The molecule has 1 aromatic heterocycles. The summed E-state index contributed by atoms with van der Waals surface area (Å²) in [6.07, 6.45) is 0. The number of aromatic hydroxyl groups is 1. The number of fused-ring (bicyclic) bond motifs is 1. The molecule has 2 aromatic carbocycles. The van der Waals surface area contributed by atoms with Gasteiger partial charge in [-0.25, -0.2) is 4.79 Å². The fourth-order valence-electron chi connectivity index (χ4n) is 2.56. The zero-order valence-electron chi connectivity index (χ0n) is 15.3. The Balaban J connectivity index is 2.43. The number of hydrogen-bond acceptors (Lipinski definition) is 12. The van der Waals surface area contributed by atoms with Crippen molar-refractivity contribution >= 4 is 58.7 Å². The van der Waals surface area contributed by atoms with Crippen LogP contribution in [0.15, 0.2) is 43.1 Å². The van der Waals surface area contributed by atoms with Crippen LogP contribution in [0.4, 0.5) is 11.6 Å². The molecule has 1 heterocycles. The molecule has 0 amide bonds. The number of aromatic carboxylic acids is 1. The van der Waals surface area contributed by atoms with E-state index < -0.39 is 85.0 Å². The van der Waals surface area contributed by atoms with E-state index in [4.69, 9.17) is 5.11 Å². The summed E-state index contributed by atoms with van der Waals surface area (Å²) in [6, 6.07) is 1.29. The Morgan fingerprint density at radius 2 is 1.48 bits per heavy atom. The van der Waals surface area contributed by atoms with Gasteiger partial charge in [-0.3, -0.25) is 18.8 Å². The largest absolute Gasteiger partial charge is 0.505 e. The first kappa shape index (κ1) is 24.1. The van der Waals surface area contributed by atoms with Gasteiger partial charge in [-0.15, -0.1) is 15.3 Å². The summed E-state index contributed by atoms with van der Waals surface area (Å²) < 4.78 is 98.3. The normalized spacial score (nSPS) is 13.1. The number of nitrogens with zero attached hydrogens (tertiary/aromatic N) is 4. The number of phenolic OH excluding ortho intramolecular Hbond substituents is 1. The van der Waals surface area contributed by atoms with Crippen molar-refractivity contribution in [2.75, 3.05) is 0 Å². The predicted molar refractivity (Wildman–Crippen MR) is 103 cm³/mol. The topological polar surface area (TPSA) is 287 Å². The fourth-order valence-corrected chi connectivity index (χ4v) is 4.58. The van der Waals surface area contributed by atoms with Crippen molar-refractivity contribution in [3.05, 3.63) is 24.0 Å². The zero-order valence-corrected chi connectivity index (χ0v) is 17.8. The van der Waals surface area contributed by atoms with E-state index in [1.54, 1.807) is 0 Å². The maximum absolute atomic E-state index is 11.8. The Labute approximate surface area is 182 Å². The molecule has 3 aromatic rings. The molecule has 0 bridgehead atoms. The van der Waals surface area contributed by atoms with Crippen LogP contribution in [0.5, 0.6) is 5.75 Å². The minimum absolute atomic E-state index is 0.273. The molecule has 0 saturated heterocycles. The smallest absolute Gasteiger partial charge is 0.373 e. The summed E-state index contributed by atoms with van der Waals surface area (Å²) in [5, 5.41) is 29.7. The van der Waals surface area contributed by atoms with E-state index in [0.29, 0.717) is 12.1 Å². The number of carboxylic acid groups (broad SMARTS) is 1. The summed E-state index contributed by atoms with van der Waals surface area (Å²) in [5.41, 5.74) is -1.10. The highest BCUT2D eigenvalue weighted by Gasteiger charge is 2.28. The molecule has 0 unspecified atom stereocenters. The van der Waals surface area contributed by atoms with Gasteiger partial charge in [0, 0.05) is 5.39 Å². The highest BCUT2D eigenvalue weighted by molar-refractivity contribution is 7.87. The van der Waals surface area contributed by atoms with Crippen molar-refractivity contribution in [2.24, 2.45) is 10.2 Å². The van der Waals surface area contributed by atoms with Gasteiger partial charge in [-0.05, 0) is 23.6 Å². The van der Waals surface area contributed by atoms with Crippen LogP contribution in [-0.4, -0.2) is 70.3 Å². The summed E-state index contributed by atoms with van der Waals surface area (Å²) >= 11 is 0. The molecule has 0 atom stereocenters. The van der Waals surface area contributed by atoms with Crippen LogP contribution in [0.25, 0.3) is 10.8 Å². The van der Waals surface area contributed by atoms with Crippen LogP contribution in [-0.2, 0) is 30.4 Å². The van der Waals surface area contributed by atoms with Gasteiger partial charge in [0.2, 0.25) is 5.82 Å². The average Bonchev–Trinajstić information content (AvgIpc) is 3.13. The standard InChI is InChI=1S/C13H9N5O12S3/c19-10-8-4(1-5(31(22,23)24)3-6(8)32(25,26)27)2-7(33(28,29)30)9(10)15-17-13-14-11(12(20)21)16-18-13/h1-3,19H,(H,20,21)(H,14,16,18)(H,22,23,24)(H,25,26,27)(H,28,29,30). The van der Waals surface area contributed by atoms with E-state index in [2.05, 4.69) is 20.3 Å². The monoisotopic (exact) mass is 523 g/mol. The van der Waals surface area contributed by atoms with Crippen LogP contribution in [0.3, 0.4) is 0 Å². The number of hydrogen-bond donors (Lipinski definition) is 6. The van der Waals surface area contributed by atoms with E-state index in [-0.39, 0.29) is 6.07 Å². The molecular weight excluding hydrogens is 514 g/mol. The van der Waals surface area contributed by atoms with E-state index in [9.17, 15) is 48.8 Å². The number of carboxylic acids is 1. The quantitative estimate of drug-likeness (QED) is 0.190. The molecule has 176 valence electrons. The van der Waals surface area contributed by atoms with Crippen molar-refractivity contribution in [1.29, 1.82) is 0 Å². The fraction of sp³-hybridized carbons (Fsp3) is 0. The second-order valence-corrected chi connectivity index (χ2v) is 10.2. The molecule has 0 aliphatic carbocycles. The lowest BCUT2D eigenvalue weighted by Crippen LogP contribution is -2.06. The van der Waals surface area contributed by atoms with Crippen molar-refractivity contribution < 1.29 is 53.9 Å². The Morgan fingerprint density at radius 1 is 0.879 bits per heavy atom. The number of rotatable bonds is 6. The van der Waals surface area contributed by atoms with Crippen LogP contribution >= 0.6 is 0 Å². The van der Waals surface area contributed by atoms with Gasteiger partial charge in [-0.2, -0.15) is 30.2 Å². The van der Waals surface area contributed by atoms with Crippen LogP contribution in [0.2, 0.25) is 0 Å². The zero-order chi connectivity index (χ0) is 24.9. The van der Waals surface area contributed by atoms with E-state index >= 15 is 0 Å². The lowest BCUT2D eigenvalue weighted by molar-refractivity contribution is 0.0684. The lowest BCUT2D eigenvalue weighted by atomic mass is 10.1. The van der Waals surface area contributed by atoms with Crippen molar-refractivity contribution in [3.8, 4) is 5.75 Å². The highest BCUT2D eigenvalue weighted by atomic mass is 32.2. The maximum Gasteiger partial charge on any atom is 0.373 e. The first-order valence-electron chi connectivity index (χ1n) is 7.84. The number of aromatic amines is 1. The molecule has 0 spiro atoms. The second kappa shape index (κ2) is 7.79. The maximum atomic E-state index is 11.8. The number of benzene rings is 2. The third-order valence-corrected chi connectivity index (χ3v) is 6.43. The van der Waals surface area contributed by atoms with E-state index in [1.165, 1.54) is 0 Å². The first-order valence-corrected chi connectivity index (χ1v) is 12.2. The molecule has 0 fully saturated rings. The molecule has 33 heavy (non-hydrogen) atoms. The Hall–Kier alpha value is -3.56. The van der Waals surface area contributed by atoms with Gasteiger partial charge in [0.1, 0.15) is 15.5 Å². The molecule has 0 aliphatic rings. The molecule has 20 heteroatoms. The summed E-state index contributed by atoms with van der Waals surface area (Å²) in [4.78, 5) is 10.6. The van der Waals surface area contributed by atoms with Crippen LogP contribution in [0.1, 0.15) is 10.6 Å². The Kier molecular flexibility index (Phi) is 5.68. The summed E-state index contributed by atoms with van der Waals surface area (Å²) in [7, 11) is -15.6. The predicted octanol–water partition coefficient (Wildman–Crippen LogP) is 0.517. The minimum atomic E-state index is -5.29. The van der Waals surface area contributed by atoms with Crippen LogP contribution in [0, 0.1) is 0 Å². The molecule has 0 saturated carbocycles. The Morgan fingerprint density at radius 3 is 1.97 bits per heavy atom. The minimum Gasteiger partial charge on any atom is -0.505 e. The number of carbonyl (C=O) groups is 1. The van der Waals surface area contributed by atoms with Gasteiger partial charge in [0.15, 0.2) is 5.75 Å². The van der Waals surface area contributed by atoms with Gasteiger partial charge >= 0.3 is 5.97 Å². The molecule has 3 rings (SSSR count). The molecule has 0 radical (unpaired) electrons. The molecule has 0 aliphatic heterocycles. The summed E-state index contributed by atoms with van der Waals surface area (Å²) in [5.74, 6) is -4.21. The second-order valence-electron chi connectivity index (χ2n) is 6.01. The number of phenols is 1. The number of H-pyrrole nitrogens is 1. The molecule has 6 N–H and O–H groups in total. The van der Waals surface area contributed by atoms with E-state index in [0.717, 1.165) is 0 Å². The summed E-state index contributed by atoms with van der Waals surface area (Å²) in [6.45, 7) is 0. The van der Waals surface area contributed by atoms with E-state index in [1.807, 2.05) is 5.10 Å².